The van der Waals surface area contributed by atoms with Gasteiger partial charge in [0.25, 0.3) is 0 Å². The normalized spacial score (nSPS) is 20.6. The molecule has 7 heteroatoms. The fourth-order valence-electron chi connectivity index (χ4n) is 1.50. The summed E-state index contributed by atoms with van der Waals surface area (Å²) in [6.45, 7) is 3.08. The molecule has 1 aliphatic rings. The highest BCUT2D eigenvalue weighted by atomic mass is 16.5. The number of hydrogen-bond acceptors (Lipinski definition) is 5. The monoisotopic (exact) mass is 225 g/mol. The van der Waals surface area contributed by atoms with Crippen LogP contribution >= 0.6 is 0 Å². The van der Waals surface area contributed by atoms with Crippen LogP contribution < -0.4 is 10.6 Å². The standard InChI is InChI=1S/C9H15N5O2/c15-9(5-14-7-11-6-13-14)12-4-8-3-10-1-2-16-8/h6-8,10H,1-5H2,(H,12,15). The largest absolute Gasteiger partial charge is 0.374 e. The molecule has 1 saturated heterocycles. The van der Waals surface area contributed by atoms with Crippen LogP contribution in [0.25, 0.3) is 0 Å². The van der Waals surface area contributed by atoms with Crippen LogP contribution in [0.4, 0.5) is 0 Å². The number of hydrogen-bond donors (Lipinski definition) is 2. The maximum absolute atomic E-state index is 11.5. The predicted octanol–water partition coefficient (Wildman–Crippen LogP) is -1.62. The van der Waals surface area contributed by atoms with Crippen molar-refractivity contribution in [2.75, 3.05) is 26.2 Å². The van der Waals surface area contributed by atoms with Crippen molar-refractivity contribution in [3.63, 3.8) is 0 Å². The number of amides is 1. The molecule has 1 unspecified atom stereocenters. The first-order valence-electron chi connectivity index (χ1n) is 5.26. The van der Waals surface area contributed by atoms with Gasteiger partial charge >= 0.3 is 0 Å². The molecule has 2 N–H and O–H groups in total. The smallest absolute Gasteiger partial charge is 0.241 e. The average molecular weight is 225 g/mol. The van der Waals surface area contributed by atoms with E-state index in [4.69, 9.17) is 4.74 Å². The zero-order valence-corrected chi connectivity index (χ0v) is 8.93. The van der Waals surface area contributed by atoms with E-state index in [9.17, 15) is 4.79 Å². The highest BCUT2D eigenvalue weighted by Gasteiger charge is 2.14. The first-order valence-corrected chi connectivity index (χ1v) is 5.26. The predicted molar refractivity (Wildman–Crippen MR) is 55.6 cm³/mol. The molecule has 1 atom stereocenters. The summed E-state index contributed by atoms with van der Waals surface area (Å²) < 4.78 is 6.93. The molecule has 0 spiro atoms. The van der Waals surface area contributed by atoms with Gasteiger partial charge in [0.05, 0.1) is 12.7 Å². The molecular formula is C9H15N5O2. The van der Waals surface area contributed by atoms with Crippen molar-refractivity contribution in [2.45, 2.75) is 12.6 Å². The second kappa shape index (κ2) is 5.57. The van der Waals surface area contributed by atoms with Crippen LogP contribution in [-0.4, -0.2) is 53.0 Å². The van der Waals surface area contributed by atoms with Crippen molar-refractivity contribution in [1.29, 1.82) is 0 Å². The van der Waals surface area contributed by atoms with Crippen molar-refractivity contribution >= 4 is 5.91 Å². The van der Waals surface area contributed by atoms with Gasteiger partial charge in [-0.15, -0.1) is 0 Å². The summed E-state index contributed by atoms with van der Waals surface area (Å²) in [5.74, 6) is -0.0836. The summed E-state index contributed by atoms with van der Waals surface area (Å²) in [5.41, 5.74) is 0. The first-order chi connectivity index (χ1) is 7.84. The molecule has 1 aromatic heterocycles. The number of rotatable bonds is 4. The summed E-state index contributed by atoms with van der Waals surface area (Å²) in [6.07, 6.45) is 2.98. The lowest BCUT2D eigenvalue weighted by atomic mass is 10.3. The van der Waals surface area contributed by atoms with Gasteiger partial charge in [0, 0.05) is 19.6 Å². The number of aromatic nitrogens is 3. The van der Waals surface area contributed by atoms with E-state index in [0.29, 0.717) is 13.2 Å². The fraction of sp³-hybridized carbons (Fsp3) is 0.667. The molecule has 0 radical (unpaired) electrons. The summed E-state index contributed by atoms with van der Waals surface area (Å²) in [6, 6.07) is 0. The topological polar surface area (TPSA) is 81.1 Å². The fourth-order valence-corrected chi connectivity index (χ4v) is 1.50. The molecule has 7 nitrogen and oxygen atoms in total. The molecule has 0 bridgehead atoms. The highest BCUT2D eigenvalue weighted by Crippen LogP contribution is 1.93. The Morgan fingerprint density at radius 1 is 1.69 bits per heavy atom. The minimum atomic E-state index is -0.0836. The van der Waals surface area contributed by atoms with Gasteiger partial charge < -0.3 is 15.4 Å². The summed E-state index contributed by atoms with van der Waals surface area (Å²) in [4.78, 5) is 15.2. The van der Waals surface area contributed by atoms with Gasteiger partial charge in [-0.05, 0) is 0 Å². The van der Waals surface area contributed by atoms with Gasteiger partial charge in [-0.2, -0.15) is 5.10 Å². The lowest BCUT2D eigenvalue weighted by Crippen LogP contribution is -2.45. The van der Waals surface area contributed by atoms with Gasteiger partial charge in [-0.3, -0.25) is 4.79 Å². The molecule has 16 heavy (non-hydrogen) atoms. The number of nitrogens with one attached hydrogen (secondary N) is 2. The third-order valence-electron chi connectivity index (χ3n) is 2.30. The number of nitrogens with zero attached hydrogens (tertiary/aromatic N) is 3. The molecule has 2 heterocycles. The third kappa shape index (κ3) is 3.28. The number of carbonyl (C=O) groups excluding carboxylic acids is 1. The van der Waals surface area contributed by atoms with Crippen LogP contribution in [0.2, 0.25) is 0 Å². The van der Waals surface area contributed by atoms with Gasteiger partial charge in [0.2, 0.25) is 5.91 Å². The van der Waals surface area contributed by atoms with Crippen molar-refractivity contribution in [1.82, 2.24) is 25.4 Å². The van der Waals surface area contributed by atoms with Crippen LogP contribution in [0.5, 0.6) is 0 Å². The number of morpholine rings is 1. The molecule has 2 rings (SSSR count). The zero-order chi connectivity index (χ0) is 11.2. The number of carbonyl (C=O) groups is 1. The van der Waals surface area contributed by atoms with E-state index in [0.717, 1.165) is 13.1 Å². The lowest BCUT2D eigenvalue weighted by Gasteiger charge is -2.23. The van der Waals surface area contributed by atoms with Crippen LogP contribution in [0.15, 0.2) is 12.7 Å². The van der Waals surface area contributed by atoms with E-state index in [2.05, 4.69) is 20.7 Å². The molecule has 88 valence electrons. The molecule has 1 aromatic rings. The van der Waals surface area contributed by atoms with Gasteiger partial charge in [0.1, 0.15) is 19.2 Å². The van der Waals surface area contributed by atoms with Gasteiger partial charge in [-0.1, -0.05) is 0 Å². The third-order valence-corrected chi connectivity index (χ3v) is 2.30. The van der Waals surface area contributed by atoms with Gasteiger partial charge in [-0.25, -0.2) is 9.67 Å². The quantitative estimate of drug-likeness (QED) is 0.644. The Hall–Kier alpha value is -1.47. The van der Waals surface area contributed by atoms with Crippen molar-refractivity contribution in [3.8, 4) is 0 Å². The van der Waals surface area contributed by atoms with Crippen LogP contribution in [0, 0.1) is 0 Å². The highest BCUT2D eigenvalue weighted by molar-refractivity contribution is 5.75. The van der Waals surface area contributed by atoms with E-state index in [1.54, 1.807) is 0 Å². The molecular weight excluding hydrogens is 210 g/mol. The van der Waals surface area contributed by atoms with E-state index in [-0.39, 0.29) is 18.6 Å². The lowest BCUT2D eigenvalue weighted by molar-refractivity contribution is -0.122. The summed E-state index contributed by atoms with van der Waals surface area (Å²) >= 11 is 0. The van der Waals surface area contributed by atoms with Crippen LogP contribution in [0.1, 0.15) is 0 Å². The Morgan fingerprint density at radius 3 is 3.31 bits per heavy atom. The molecule has 0 aliphatic carbocycles. The second-order valence-electron chi connectivity index (χ2n) is 3.59. The van der Waals surface area contributed by atoms with E-state index >= 15 is 0 Å². The summed E-state index contributed by atoms with van der Waals surface area (Å²) in [5, 5.41) is 9.85. The Balaban J connectivity index is 1.67. The van der Waals surface area contributed by atoms with Crippen LogP contribution in [-0.2, 0) is 16.1 Å². The Morgan fingerprint density at radius 2 is 2.62 bits per heavy atom. The molecule has 0 saturated carbocycles. The van der Waals surface area contributed by atoms with Gasteiger partial charge in [0.15, 0.2) is 0 Å². The SMILES string of the molecule is O=C(Cn1cncn1)NCC1CNCCO1. The zero-order valence-electron chi connectivity index (χ0n) is 8.93. The minimum absolute atomic E-state index is 0.0634. The second-order valence-corrected chi connectivity index (χ2v) is 3.59. The Kier molecular flexibility index (Phi) is 3.84. The van der Waals surface area contributed by atoms with E-state index in [1.807, 2.05) is 0 Å². The molecule has 0 aromatic carbocycles. The van der Waals surface area contributed by atoms with E-state index in [1.165, 1.54) is 17.3 Å². The Labute approximate surface area is 93.2 Å². The average Bonchev–Trinajstić information content (AvgIpc) is 2.81. The minimum Gasteiger partial charge on any atom is -0.374 e. The maximum Gasteiger partial charge on any atom is 0.241 e. The van der Waals surface area contributed by atoms with E-state index < -0.39 is 0 Å². The van der Waals surface area contributed by atoms with Crippen molar-refractivity contribution in [2.24, 2.45) is 0 Å². The van der Waals surface area contributed by atoms with Crippen molar-refractivity contribution < 1.29 is 9.53 Å². The molecule has 1 amide bonds. The summed E-state index contributed by atoms with van der Waals surface area (Å²) in [7, 11) is 0. The maximum atomic E-state index is 11.5. The van der Waals surface area contributed by atoms with Crippen LogP contribution in [0.3, 0.4) is 0 Å². The molecule has 1 aliphatic heterocycles. The number of ether oxygens (including phenoxy) is 1. The first kappa shape index (κ1) is 11.0. The Bertz CT molecular complexity index is 321. The molecule has 1 fully saturated rings. The van der Waals surface area contributed by atoms with Crippen molar-refractivity contribution in [3.05, 3.63) is 12.7 Å².